The molecule has 0 bridgehead atoms. The fourth-order valence-corrected chi connectivity index (χ4v) is 0.881. The fraction of sp³-hybridized carbons (Fsp3) is 0.125. The fourth-order valence-electron chi connectivity index (χ4n) is 0.881. The number of amides is 1. The van der Waals surface area contributed by atoms with Gasteiger partial charge in [-0.25, -0.2) is 4.39 Å². The monoisotopic (exact) mass is 184 g/mol. The van der Waals surface area contributed by atoms with Crippen LogP contribution in [0.2, 0.25) is 0 Å². The summed E-state index contributed by atoms with van der Waals surface area (Å²) in [6, 6.07) is 2.39. The molecule has 0 aliphatic heterocycles. The average Bonchev–Trinajstić information content (AvgIpc) is 2.08. The van der Waals surface area contributed by atoms with E-state index in [0.29, 0.717) is 0 Å². The Morgan fingerprint density at radius 3 is 2.62 bits per heavy atom. The van der Waals surface area contributed by atoms with Crippen LogP contribution in [-0.2, 0) is 4.79 Å². The van der Waals surface area contributed by atoms with Crippen molar-refractivity contribution in [3.63, 3.8) is 0 Å². The lowest BCUT2D eigenvalue weighted by molar-refractivity contribution is -0.119. The van der Waals surface area contributed by atoms with Gasteiger partial charge in [0, 0.05) is 0 Å². The summed E-state index contributed by atoms with van der Waals surface area (Å²) in [4.78, 5) is 10.6. The molecule has 0 fully saturated rings. The zero-order valence-electron chi connectivity index (χ0n) is 6.70. The quantitative estimate of drug-likeness (QED) is 0.605. The van der Waals surface area contributed by atoms with Gasteiger partial charge in [0.05, 0.1) is 0 Å². The Hall–Kier alpha value is -1.62. The summed E-state index contributed by atoms with van der Waals surface area (Å²) in [5.74, 6) is -2.06. The van der Waals surface area contributed by atoms with Crippen LogP contribution >= 0.6 is 0 Å². The highest BCUT2D eigenvalue weighted by Gasteiger charge is 2.13. The van der Waals surface area contributed by atoms with Crippen LogP contribution in [-0.4, -0.2) is 11.0 Å². The molecular weight excluding hydrogens is 175 g/mol. The molecule has 0 aromatic heterocycles. The number of phenolic OH excluding ortho intramolecular Hbond substituents is 1. The predicted molar refractivity (Wildman–Crippen MR) is 44.2 cm³/mol. The number of nitrogens with two attached hydrogens (primary N) is 2. The lowest BCUT2D eigenvalue weighted by Gasteiger charge is -2.07. The largest absolute Gasteiger partial charge is 0.505 e. The first-order valence-corrected chi connectivity index (χ1v) is 3.55. The summed E-state index contributed by atoms with van der Waals surface area (Å²) in [6.45, 7) is 0. The van der Waals surface area contributed by atoms with E-state index in [0.717, 1.165) is 12.1 Å². The van der Waals surface area contributed by atoms with Gasteiger partial charge in [0.1, 0.15) is 6.04 Å². The van der Waals surface area contributed by atoms with Gasteiger partial charge in [-0.15, -0.1) is 0 Å². The van der Waals surface area contributed by atoms with Crippen LogP contribution in [0.4, 0.5) is 4.39 Å². The van der Waals surface area contributed by atoms with Gasteiger partial charge in [-0.3, -0.25) is 4.79 Å². The molecule has 1 unspecified atom stereocenters. The third-order valence-corrected chi connectivity index (χ3v) is 1.64. The molecule has 0 aliphatic rings. The van der Waals surface area contributed by atoms with E-state index in [1.165, 1.54) is 6.07 Å². The first kappa shape index (κ1) is 9.47. The highest BCUT2D eigenvalue weighted by atomic mass is 19.1. The number of rotatable bonds is 2. The minimum Gasteiger partial charge on any atom is -0.505 e. The van der Waals surface area contributed by atoms with E-state index in [9.17, 15) is 9.18 Å². The molecule has 0 saturated heterocycles. The maximum Gasteiger partial charge on any atom is 0.238 e. The maximum atomic E-state index is 12.7. The van der Waals surface area contributed by atoms with Crippen molar-refractivity contribution < 1.29 is 14.3 Å². The maximum absolute atomic E-state index is 12.7. The SMILES string of the molecule is NC(=O)C(N)c1ccc(O)c(F)c1. The highest BCUT2D eigenvalue weighted by Crippen LogP contribution is 2.19. The Balaban J connectivity index is 3.03. The standard InChI is InChI=1S/C8H9FN2O2/c9-5-3-4(1-2-6(5)12)7(10)8(11)13/h1-3,7,12H,10H2,(H2,11,13). The van der Waals surface area contributed by atoms with E-state index >= 15 is 0 Å². The number of aromatic hydroxyl groups is 1. The Morgan fingerprint density at radius 1 is 1.54 bits per heavy atom. The van der Waals surface area contributed by atoms with E-state index in [2.05, 4.69) is 0 Å². The Labute approximate surface area is 74.0 Å². The van der Waals surface area contributed by atoms with Gasteiger partial charge in [0.25, 0.3) is 0 Å². The zero-order valence-corrected chi connectivity index (χ0v) is 6.70. The number of halogens is 1. The van der Waals surface area contributed by atoms with E-state index in [1.807, 2.05) is 0 Å². The number of hydrogen-bond acceptors (Lipinski definition) is 3. The smallest absolute Gasteiger partial charge is 0.238 e. The molecule has 0 saturated carbocycles. The van der Waals surface area contributed by atoms with Crippen LogP contribution in [0.15, 0.2) is 18.2 Å². The molecular formula is C8H9FN2O2. The van der Waals surface area contributed by atoms with Crippen LogP contribution < -0.4 is 11.5 Å². The number of primary amides is 1. The molecule has 5 heteroatoms. The van der Waals surface area contributed by atoms with Gasteiger partial charge in [-0.05, 0) is 17.7 Å². The topological polar surface area (TPSA) is 89.3 Å². The molecule has 5 N–H and O–H groups in total. The number of phenols is 1. The Bertz CT molecular complexity index is 341. The Morgan fingerprint density at radius 2 is 2.15 bits per heavy atom. The van der Waals surface area contributed by atoms with Crippen LogP contribution in [0.1, 0.15) is 11.6 Å². The molecule has 1 aromatic carbocycles. The summed E-state index contributed by atoms with van der Waals surface area (Å²) >= 11 is 0. The minimum atomic E-state index is -1.05. The van der Waals surface area contributed by atoms with Crippen LogP contribution in [0.3, 0.4) is 0 Å². The molecule has 1 aromatic rings. The number of carbonyl (C=O) groups excluding carboxylic acids is 1. The van der Waals surface area contributed by atoms with E-state index < -0.39 is 23.5 Å². The molecule has 0 radical (unpaired) electrons. The molecule has 1 amide bonds. The second kappa shape index (κ2) is 3.40. The average molecular weight is 184 g/mol. The zero-order chi connectivity index (χ0) is 10.0. The number of benzene rings is 1. The lowest BCUT2D eigenvalue weighted by Crippen LogP contribution is -2.28. The lowest BCUT2D eigenvalue weighted by atomic mass is 10.1. The minimum absolute atomic E-state index is 0.239. The molecule has 13 heavy (non-hydrogen) atoms. The van der Waals surface area contributed by atoms with Crippen molar-refractivity contribution in [3.05, 3.63) is 29.6 Å². The summed E-state index contributed by atoms with van der Waals surface area (Å²) in [5, 5.41) is 8.83. The van der Waals surface area contributed by atoms with Crippen molar-refractivity contribution in [1.82, 2.24) is 0 Å². The molecule has 0 spiro atoms. The van der Waals surface area contributed by atoms with Crippen molar-refractivity contribution in [2.45, 2.75) is 6.04 Å². The molecule has 4 nitrogen and oxygen atoms in total. The molecule has 0 heterocycles. The van der Waals surface area contributed by atoms with Crippen LogP contribution in [0.25, 0.3) is 0 Å². The van der Waals surface area contributed by atoms with Gasteiger partial charge in [0.15, 0.2) is 11.6 Å². The number of carbonyl (C=O) groups is 1. The van der Waals surface area contributed by atoms with E-state index in [4.69, 9.17) is 16.6 Å². The van der Waals surface area contributed by atoms with E-state index in [1.54, 1.807) is 0 Å². The summed E-state index contributed by atoms with van der Waals surface area (Å²) in [6.07, 6.45) is 0. The van der Waals surface area contributed by atoms with Gasteiger partial charge in [-0.1, -0.05) is 6.07 Å². The van der Waals surface area contributed by atoms with Crippen LogP contribution in [0, 0.1) is 5.82 Å². The predicted octanol–water partition coefficient (Wildman–Crippen LogP) is 0.0164. The van der Waals surface area contributed by atoms with Crippen molar-refractivity contribution in [3.8, 4) is 5.75 Å². The Kier molecular flexibility index (Phi) is 2.48. The van der Waals surface area contributed by atoms with E-state index in [-0.39, 0.29) is 5.56 Å². The summed E-state index contributed by atoms with van der Waals surface area (Å²) in [7, 11) is 0. The second-order valence-electron chi connectivity index (χ2n) is 2.59. The molecule has 0 aliphatic carbocycles. The first-order chi connectivity index (χ1) is 6.02. The van der Waals surface area contributed by atoms with Gasteiger partial charge in [0.2, 0.25) is 5.91 Å². The van der Waals surface area contributed by atoms with Gasteiger partial charge < -0.3 is 16.6 Å². The molecule has 1 rings (SSSR count). The van der Waals surface area contributed by atoms with Crippen molar-refractivity contribution >= 4 is 5.91 Å². The van der Waals surface area contributed by atoms with Crippen molar-refractivity contribution in [2.24, 2.45) is 11.5 Å². The third-order valence-electron chi connectivity index (χ3n) is 1.64. The first-order valence-electron chi connectivity index (χ1n) is 3.55. The highest BCUT2D eigenvalue weighted by molar-refractivity contribution is 5.81. The normalized spacial score (nSPS) is 12.5. The summed E-state index contributed by atoms with van der Waals surface area (Å²) < 4.78 is 12.7. The summed E-state index contributed by atoms with van der Waals surface area (Å²) in [5.41, 5.74) is 10.5. The number of hydrogen-bond donors (Lipinski definition) is 3. The third kappa shape index (κ3) is 1.94. The molecule has 70 valence electrons. The van der Waals surface area contributed by atoms with Crippen molar-refractivity contribution in [2.75, 3.05) is 0 Å². The van der Waals surface area contributed by atoms with Gasteiger partial charge >= 0.3 is 0 Å². The van der Waals surface area contributed by atoms with Gasteiger partial charge in [-0.2, -0.15) is 0 Å². The van der Waals surface area contributed by atoms with Crippen LogP contribution in [0.5, 0.6) is 5.75 Å². The molecule has 1 atom stereocenters. The van der Waals surface area contributed by atoms with Crippen molar-refractivity contribution in [1.29, 1.82) is 0 Å². The second-order valence-corrected chi connectivity index (χ2v) is 2.59.